The van der Waals surface area contributed by atoms with Gasteiger partial charge in [0.1, 0.15) is 0 Å². The van der Waals surface area contributed by atoms with Gasteiger partial charge in [-0.25, -0.2) is 0 Å². The van der Waals surface area contributed by atoms with E-state index in [0.717, 1.165) is 76.7 Å². The van der Waals surface area contributed by atoms with Gasteiger partial charge in [-0.05, 0) is 55.5 Å². The summed E-state index contributed by atoms with van der Waals surface area (Å²) >= 11 is 0. The third-order valence-electron chi connectivity index (χ3n) is 8.21. The van der Waals surface area contributed by atoms with Gasteiger partial charge in [-0.3, -0.25) is 19.6 Å². The number of hydrogen-bond acceptors (Lipinski definition) is 5. The van der Waals surface area contributed by atoms with Crippen LogP contribution in [-0.4, -0.2) is 84.5 Å². The molecule has 1 amide bonds. The first-order valence-electron chi connectivity index (χ1n) is 14.3. The first-order chi connectivity index (χ1) is 18.7. The molecular formula is C30H42F3N5O. The molecule has 0 unspecified atom stereocenters. The fourth-order valence-corrected chi connectivity index (χ4v) is 5.93. The molecule has 2 saturated heterocycles. The molecule has 0 saturated carbocycles. The van der Waals surface area contributed by atoms with E-state index >= 15 is 0 Å². The zero-order valence-corrected chi connectivity index (χ0v) is 23.2. The normalized spacial score (nSPS) is 21.2. The maximum Gasteiger partial charge on any atom is 0.416 e. The number of piperazine rings is 1. The molecule has 2 fully saturated rings. The Morgan fingerprint density at radius 3 is 2.56 bits per heavy atom. The Kier molecular flexibility index (Phi) is 10.2. The van der Waals surface area contributed by atoms with E-state index in [1.165, 1.54) is 12.1 Å². The van der Waals surface area contributed by atoms with Crippen molar-refractivity contribution in [2.45, 2.75) is 57.8 Å². The van der Waals surface area contributed by atoms with Crippen LogP contribution in [0.4, 0.5) is 18.9 Å². The van der Waals surface area contributed by atoms with Crippen molar-refractivity contribution < 1.29 is 18.0 Å². The number of likely N-dealkylation sites (tertiary alicyclic amines) is 1. The van der Waals surface area contributed by atoms with E-state index in [-0.39, 0.29) is 5.91 Å². The molecule has 4 rings (SSSR count). The summed E-state index contributed by atoms with van der Waals surface area (Å²) in [6, 6.07) is 12.0. The van der Waals surface area contributed by atoms with Crippen molar-refractivity contribution in [2.75, 3.05) is 57.8 Å². The molecule has 0 N–H and O–H groups in total. The van der Waals surface area contributed by atoms with E-state index in [1.54, 1.807) is 6.07 Å². The van der Waals surface area contributed by atoms with Crippen molar-refractivity contribution in [1.82, 2.24) is 19.7 Å². The van der Waals surface area contributed by atoms with Crippen molar-refractivity contribution in [2.24, 2.45) is 5.92 Å². The number of pyridine rings is 1. The number of amides is 1. The van der Waals surface area contributed by atoms with Crippen LogP contribution in [0, 0.1) is 5.92 Å². The molecule has 2 aliphatic heterocycles. The van der Waals surface area contributed by atoms with Gasteiger partial charge in [0.2, 0.25) is 5.91 Å². The van der Waals surface area contributed by atoms with Gasteiger partial charge in [0.25, 0.3) is 0 Å². The minimum absolute atomic E-state index is 0.207. The second kappa shape index (κ2) is 13.6. The summed E-state index contributed by atoms with van der Waals surface area (Å²) in [7, 11) is 1.90. The average Bonchev–Trinajstić information content (AvgIpc) is 2.95. The molecular weight excluding hydrogens is 503 g/mol. The number of hydrogen-bond donors (Lipinski definition) is 0. The molecule has 2 aromatic rings. The van der Waals surface area contributed by atoms with Gasteiger partial charge >= 0.3 is 6.18 Å². The summed E-state index contributed by atoms with van der Waals surface area (Å²) in [6.07, 6.45) is 1.97. The molecule has 0 spiro atoms. The Hall–Kier alpha value is -2.65. The summed E-state index contributed by atoms with van der Waals surface area (Å²) in [6.45, 7) is 8.63. The summed E-state index contributed by atoms with van der Waals surface area (Å²) in [5.41, 5.74) is 1.09. The Morgan fingerprint density at radius 1 is 1.08 bits per heavy atom. The summed E-state index contributed by atoms with van der Waals surface area (Å²) in [5, 5.41) is 0. The van der Waals surface area contributed by atoms with Crippen LogP contribution >= 0.6 is 0 Å². The predicted octanol–water partition coefficient (Wildman–Crippen LogP) is 5.15. The van der Waals surface area contributed by atoms with Gasteiger partial charge in [-0.15, -0.1) is 0 Å². The number of carbonyl (C=O) groups is 1. The van der Waals surface area contributed by atoms with Crippen LogP contribution in [0.15, 0.2) is 48.7 Å². The minimum Gasteiger partial charge on any atom is -0.369 e. The number of anilines is 1. The number of unbranched alkanes of at least 4 members (excludes halogenated alkanes) is 1. The van der Waals surface area contributed by atoms with Gasteiger partial charge in [0.05, 0.1) is 11.3 Å². The lowest BCUT2D eigenvalue weighted by atomic mass is 9.86. The highest BCUT2D eigenvalue weighted by Gasteiger charge is 2.36. The monoisotopic (exact) mass is 545 g/mol. The zero-order valence-electron chi connectivity index (χ0n) is 23.2. The number of carbonyl (C=O) groups excluding carboxylic acids is 1. The van der Waals surface area contributed by atoms with E-state index in [2.05, 4.69) is 32.7 Å². The van der Waals surface area contributed by atoms with Crippen molar-refractivity contribution in [3.05, 3.63) is 59.9 Å². The maximum absolute atomic E-state index is 13.2. The van der Waals surface area contributed by atoms with Crippen molar-refractivity contribution in [1.29, 1.82) is 0 Å². The fourth-order valence-electron chi connectivity index (χ4n) is 5.93. The number of piperidine rings is 1. The highest BCUT2D eigenvalue weighted by atomic mass is 19.4. The largest absolute Gasteiger partial charge is 0.416 e. The third kappa shape index (κ3) is 8.18. The van der Waals surface area contributed by atoms with E-state index in [0.29, 0.717) is 37.2 Å². The first-order valence-corrected chi connectivity index (χ1v) is 14.3. The number of aromatic nitrogens is 1. The van der Waals surface area contributed by atoms with Crippen LogP contribution in [0.1, 0.15) is 50.3 Å². The molecule has 3 heterocycles. The minimum atomic E-state index is -4.34. The number of nitrogens with zero attached hydrogens (tertiary/aromatic N) is 5. The second-order valence-corrected chi connectivity index (χ2v) is 11.0. The van der Waals surface area contributed by atoms with Crippen molar-refractivity contribution >= 4 is 11.6 Å². The number of halogens is 3. The molecule has 1 aromatic heterocycles. The Morgan fingerprint density at radius 2 is 1.87 bits per heavy atom. The van der Waals surface area contributed by atoms with Crippen LogP contribution in [0.3, 0.4) is 0 Å². The summed E-state index contributed by atoms with van der Waals surface area (Å²) < 4.78 is 39.7. The lowest BCUT2D eigenvalue weighted by Gasteiger charge is -2.47. The maximum atomic E-state index is 13.2. The van der Waals surface area contributed by atoms with Crippen molar-refractivity contribution in [3.63, 3.8) is 0 Å². The molecule has 2 aliphatic rings. The quantitative estimate of drug-likeness (QED) is 0.413. The Bertz CT molecular complexity index is 1040. The highest BCUT2D eigenvalue weighted by molar-refractivity contribution is 5.75. The molecule has 39 heavy (non-hydrogen) atoms. The SMILES string of the molecule is CCCCN(C)C(=O)CC[C@H]1CN(Cc2ccccn2)CC[C@H]1N1CCN(c2cccc(C(F)(F)F)c2)CC1. The topological polar surface area (TPSA) is 42.9 Å². The average molecular weight is 546 g/mol. The standard InChI is InChI=1S/C30H42F3N5O/c1-3-4-15-35(2)29(39)12-11-24-22-36(23-26-9-5-6-14-34-26)16-13-28(24)38-19-17-37(18-20-38)27-10-7-8-25(21-27)30(31,32)33/h5-10,14,21,24,28H,3-4,11-13,15-20,22-23H2,1-2H3/t24-,28+/m0/s1. The third-order valence-corrected chi connectivity index (χ3v) is 8.21. The molecule has 1 aromatic carbocycles. The molecule has 0 radical (unpaired) electrons. The Labute approximate surface area is 230 Å². The summed E-state index contributed by atoms with van der Waals surface area (Å²) in [5.74, 6) is 0.560. The number of alkyl halides is 3. The first kappa shape index (κ1) is 29.3. The lowest BCUT2D eigenvalue weighted by molar-refractivity contribution is -0.137. The number of benzene rings is 1. The van der Waals surface area contributed by atoms with Gasteiger partial charge in [0, 0.05) is 83.8 Å². The van der Waals surface area contributed by atoms with E-state index in [4.69, 9.17) is 0 Å². The van der Waals surface area contributed by atoms with Crippen LogP contribution in [0.25, 0.3) is 0 Å². The van der Waals surface area contributed by atoms with Gasteiger partial charge in [-0.1, -0.05) is 25.5 Å². The second-order valence-electron chi connectivity index (χ2n) is 11.0. The molecule has 214 valence electrons. The molecule has 9 heteroatoms. The van der Waals surface area contributed by atoms with E-state index in [9.17, 15) is 18.0 Å². The van der Waals surface area contributed by atoms with Gasteiger partial charge in [-0.2, -0.15) is 13.2 Å². The van der Waals surface area contributed by atoms with Crippen LogP contribution in [0.2, 0.25) is 0 Å². The van der Waals surface area contributed by atoms with Crippen LogP contribution in [-0.2, 0) is 17.5 Å². The molecule has 0 bridgehead atoms. The smallest absolute Gasteiger partial charge is 0.369 e. The lowest BCUT2D eigenvalue weighted by Crippen LogP contribution is -2.56. The Balaban J connectivity index is 1.39. The van der Waals surface area contributed by atoms with Crippen LogP contribution in [0.5, 0.6) is 0 Å². The highest BCUT2D eigenvalue weighted by Crippen LogP contribution is 2.33. The zero-order chi connectivity index (χ0) is 27.8. The van der Waals surface area contributed by atoms with E-state index in [1.807, 2.05) is 30.3 Å². The van der Waals surface area contributed by atoms with E-state index < -0.39 is 11.7 Å². The van der Waals surface area contributed by atoms with Gasteiger partial charge < -0.3 is 9.80 Å². The molecule has 0 aliphatic carbocycles. The van der Waals surface area contributed by atoms with Crippen LogP contribution < -0.4 is 4.90 Å². The molecule has 2 atom stereocenters. The van der Waals surface area contributed by atoms with Crippen molar-refractivity contribution in [3.8, 4) is 0 Å². The summed E-state index contributed by atoms with van der Waals surface area (Å²) in [4.78, 5) is 26.2. The molecule has 6 nitrogen and oxygen atoms in total. The number of rotatable bonds is 10. The fraction of sp³-hybridized carbons (Fsp3) is 0.600. The predicted molar refractivity (Wildman–Crippen MR) is 148 cm³/mol. The van der Waals surface area contributed by atoms with Gasteiger partial charge in [0.15, 0.2) is 0 Å².